The molecular weight excluding hydrogens is 1800 g/mol. The Morgan fingerprint density at radius 3 is 1.38 bits per heavy atom. The molecule has 1 fully saturated rings. The molecule has 16 rings (SSSR count). The number of aromatic nitrogens is 24. The molecule has 42 nitrogen and oxygen atoms in total. The molecule has 2 atom stereocenters. The molecule has 0 aliphatic carbocycles. The van der Waals surface area contributed by atoms with Crippen LogP contribution in [0.5, 0.6) is 0 Å². The summed E-state index contributed by atoms with van der Waals surface area (Å²) in [7, 11) is 0.940. The number of ether oxygens (including phenoxy) is 1. The largest absolute Gasteiger partial charge is 2.00 e. The Morgan fingerprint density at radius 2 is 0.959 bits per heavy atom. The number of ketones is 1. The summed E-state index contributed by atoms with van der Waals surface area (Å²) in [4.78, 5) is 66.4. The molecule has 16 heterocycles. The van der Waals surface area contributed by atoms with Crippen molar-refractivity contribution < 1.29 is 65.3 Å². The minimum Gasteiger partial charge on any atom is -1.00 e. The van der Waals surface area contributed by atoms with E-state index in [4.69, 9.17) is 9.72 Å². The van der Waals surface area contributed by atoms with E-state index < -0.39 is 63.3 Å². The fraction of sp³-hybridized carbons (Fsp3) is 0.406. The van der Waals surface area contributed by atoms with E-state index in [1.807, 2.05) is 23.7 Å². The molecule has 0 amide bonds. The molecule has 0 bridgehead atoms. The molecule has 15 aromatic heterocycles. The van der Waals surface area contributed by atoms with Gasteiger partial charge < -0.3 is 48.0 Å². The Bertz CT molecular complexity index is 6870. The third kappa shape index (κ3) is 19.0. The molecule has 3 N–H and O–H groups in total. The summed E-state index contributed by atoms with van der Waals surface area (Å²) in [5.41, 5.74) is 2.52. The number of rotatable bonds is 23. The van der Waals surface area contributed by atoms with E-state index in [9.17, 15) is 58.0 Å². The Morgan fingerprint density at radius 1 is 0.554 bits per heavy atom. The van der Waals surface area contributed by atoms with Gasteiger partial charge in [-0.1, -0.05) is 45.8 Å². The minimum atomic E-state index is -3.88. The second-order valence-electron chi connectivity index (χ2n) is 27.8. The molecule has 1 aliphatic rings. The number of halogens is 1. The number of aliphatic hydroxyl groups is 1. The molecule has 0 saturated carbocycles. The summed E-state index contributed by atoms with van der Waals surface area (Å²) in [6, 6.07) is 13.8. The second kappa shape index (κ2) is 38.3. The SMILES string of the molecule is C1CCOC1.CC(c1ccn[nH]1)c1nc2c(s1)c1cnn(Cc3ccn[nH]3)c(=O)c1n2C.CC[Si](CC)CC.CN(C)S(=O)(=O)n1ccc(Cn2ncc3c4sc(C(=O)c5ccn(S(=O)(=O)N(C)C)n5)nc4n(C)c3c2=O)n1.CN(C)S(=O)(=O)n1ccc(Cn2ncc3c4sc(C(C)(O)c5ccn(S(=O)(=O)N(C)C)n5)nc4n(C)c3c2=O)n1.[Br-].[CH3-].[Mg+2]. The molecule has 1 saturated heterocycles. The van der Waals surface area contributed by atoms with Crippen molar-refractivity contribution in [3.63, 3.8) is 0 Å². The van der Waals surface area contributed by atoms with Crippen LogP contribution < -0.4 is 33.7 Å². The summed E-state index contributed by atoms with van der Waals surface area (Å²) in [5.74, 6) is -0.463. The van der Waals surface area contributed by atoms with Gasteiger partial charge in [0.2, 0.25) is 5.78 Å². The Kier molecular flexibility index (Phi) is 30.3. The molecule has 15 aromatic rings. The molecule has 1 aliphatic heterocycles. The number of hydrogen-bond acceptors (Lipinski definition) is 29. The maximum Gasteiger partial charge on any atom is 2.00 e. The van der Waals surface area contributed by atoms with Crippen molar-refractivity contribution in [2.75, 3.05) is 69.6 Å². The van der Waals surface area contributed by atoms with Gasteiger partial charge in [-0.25, -0.2) is 29.0 Å². The zero-order chi connectivity index (χ0) is 85.6. The van der Waals surface area contributed by atoms with Crippen molar-refractivity contribution in [2.24, 2.45) is 21.1 Å². The van der Waals surface area contributed by atoms with Crippen LogP contribution in [0.2, 0.25) is 18.1 Å². The first-order valence-corrected chi connectivity index (χ1v) is 46.6. The maximum atomic E-state index is 13.4. The van der Waals surface area contributed by atoms with Gasteiger partial charge in [0.05, 0.1) is 69.4 Å². The minimum absolute atomic E-state index is 0. The van der Waals surface area contributed by atoms with E-state index in [0.29, 0.717) is 70.0 Å². The Hall–Kier alpha value is -9.12. The molecular formula is C69H90BrMgN28O14S7Si. The third-order valence-corrected chi connectivity index (χ3v) is 32.3. The second-order valence-corrected chi connectivity index (χ2v) is 42.5. The van der Waals surface area contributed by atoms with Crippen LogP contribution in [-0.2, 0) is 92.0 Å². The van der Waals surface area contributed by atoms with Gasteiger partial charge in [0, 0.05) is 164 Å². The van der Waals surface area contributed by atoms with E-state index in [1.165, 1.54) is 165 Å². The smallest absolute Gasteiger partial charge is 1.00 e. The zero-order valence-electron chi connectivity index (χ0n) is 69.1. The van der Waals surface area contributed by atoms with Crippen molar-refractivity contribution >= 4 is 176 Å². The molecule has 1 radical (unpaired) electrons. The maximum absolute atomic E-state index is 13.4. The zero-order valence-corrected chi connectivity index (χ0v) is 78.8. The first-order valence-electron chi connectivity index (χ1n) is 36.4. The fourth-order valence-electron chi connectivity index (χ4n) is 12.2. The molecule has 0 spiro atoms. The van der Waals surface area contributed by atoms with Crippen LogP contribution in [0.15, 0.2) is 107 Å². The number of thiazole rings is 3. The van der Waals surface area contributed by atoms with E-state index in [1.54, 1.807) is 53.2 Å². The Labute approximate surface area is 735 Å². The molecule has 0 aromatic carbocycles. The monoisotopic (exact) mass is 1890 g/mol. The van der Waals surface area contributed by atoms with Crippen LogP contribution in [0.1, 0.15) is 107 Å². The summed E-state index contributed by atoms with van der Waals surface area (Å²) in [6.45, 7) is 12.7. The topological polar surface area (TPSA) is 483 Å². The van der Waals surface area contributed by atoms with Gasteiger partial charge in [-0.15, -0.1) is 34.0 Å². The molecule has 645 valence electrons. The van der Waals surface area contributed by atoms with Crippen LogP contribution in [0, 0.1) is 7.43 Å². The first-order chi connectivity index (χ1) is 55.8. The summed E-state index contributed by atoms with van der Waals surface area (Å²) in [6.07, 6.45) is 15.7. The van der Waals surface area contributed by atoms with Gasteiger partial charge >= 0.3 is 63.9 Å². The first kappa shape index (κ1) is 95.7. The number of H-pyrrole nitrogens is 2. The van der Waals surface area contributed by atoms with Crippen molar-refractivity contribution in [2.45, 2.75) is 96.7 Å². The Balaban J connectivity index is 0.000000193. The van der Waals surface area contributed by atoms with Gasteiger partial charge in [0.25, 0.3) is 16.7 Å². The van der Waals surface area contributed by atoms with Crippen LogP contribution in [0.25, 0.3) is 63.8 Å². The van der Waals surface area contributed by atoms with Crippen molar-refractivity contribution in [3.8, 4) is 0 Å². The predicted molar refractivity (Wildman–Crippen MR) is 459 cm³/mol. The summed E-state index contributed by atoms with van der Waals surface area (Å²) >= 11 is 3.76. The van der Waals surface area contributed by atoms with Crippen LogP contribution in [-0.4, -0.2) is 278 Å². The van der Waals surface area contributed by atoms with Crippen LogP contribution >= 0.6 is 34.0 Å². The van der Waals surface area contributed by atoms with Crippen molar-refractivity contribution in [3.05, 3.63) is 180 Å². The number of carbonyl (C=O) groups is 1. The number of nitrogens with one attached hydrogen (secondary N) is 2. The molecule has 2 unspecified atom stereocenters. The number of fused-ring (bicyclic) bond motifs is 9. The standard InChI is InChI=1S/C21H26N10O6S3.C20H22N10O6S3.C17H16N8OS.C6H15Si.C4H8O.CH3.BrH.Mg/c1-21(33,15-8-10-31(25-15)40(36,37)27(4)5)20-23-18-17(38-20)14-11-22-29(19(32)16(14)28(18)6)12-13-7-9-30(24-13)39(34,35)26(2)3;1-25(2)38(33,34)29-8-6-12(23-29)11-28-20(32)15-13(10-21-28)17-18(27(15)5)22-19(37-17)16(31)14-7-9-30(24-14)39(35,36)26(3)4;1-9(12-4-6-19-23-12)16-21-15-14(27-16)11-7-20-25(8-10-3-5-18-22-10)17(26)13(11)24(15)2;1-4-7(5-2)6-3;1-2-4-5-3-1;;;/h7-11,33H,12H2,1-6H3;6-10H,11H2,1-5H3;3-7,9H,8H2,1-2H3,(H,18,22)(H,19,23);4-6H2,1-3H3;1-4H2;1H3;1H;/q;;;;;-1;;+2/p-1. The van der Waals surface area contributed by atoms with E-state index >= 15 is 0 Å². The van der Waals surface area contributed by atoms with Gasteiger partial charge in [-0.3, -0.25) is 29.4 Å². The van der Waals surface area contributed by atoms with Gasteiger partial charge in [-0.2, -0.15) is 113 Å². The van der Waals surface area contributed by atoms with E-state index in [0.717, 1.165) is 102 Å². The molecule has 121 heavy (non-hydrogen) atoms. The van der Waals surface area contributed by atoms with E-state index in [2.05, 4.69) is 93.7 Å². The summed E-state index contributed by atoms with van der Waals surface area (Å²) in [5, 5.41) is 57.1. The van der Waals surface area contributed by atoms with Crippen LogP contribution in [0.4, 0.5) is 0 Å². The van der Waals surface area contributed by atoms with E-state index in [-0.39, 0.29) is 102 Å². The fourth-order valence-corrected chi connectivity index (χ4v) is 20.1. The van der Waals surface area contributed by atoms with Crippen LogP contribution in [0.3, 0.4) is 0 Å². The number of aryl methyl sites for hydroxylation is 3. The van der Waals surface area contributed by atoms with Gasteiger partial charge in [0.15, 0.2) is 27.6 Å². The normalized spacial score (nSPS) is 13.5. The number of carbonyl (C=O) groups excluding carboxylic acids is 1. The number of nitrogens with zero attached hydrogens (tertiary/aromatic N) is 26. The average molecular weight is 1890 g/mol. The average Bonchev–Trinajstić information content (AvgIpc) is 1.59. The quantitative estimate of drug-likeness (QED) is 0.0458. The van der Waals surface area contributed by atoms with Crippen molar-refractivity contribution in [1.29, 1.82) is 0 Å². The van der Waals surface area contributed by atoms with Gasteiger partial charge in [-0.05, 0) is 56.2 Å². The predicted octanol–water partition coefficient (Wildman–Crippen LogP) is 1.08. The third-order valence-electron chi connectivity index (χ3n) is 19.3. The van der Waals surface area contributed by atoms with Crippen molar-refractivity contribution in [1.82, 2.24) is 132 Å². The number of hydrogen-bond donors (Lipinski definition) is 3. The summed E-state index contributed by atoms with van der Waals surface area (Å²) < 4.78 is 121. The number of aromatic amines is 2. The van der Waals surface area contributed by atoms with Gasteiger partial charge in [0.1, 0.15) is 38.0 Å². The molecule has 52 heteroatoms.